The van der Waals surface area contributed by atoms with Gasteiger partial charge < -0.3 is 14.9 Å². The number of pyridine rings is 1. The zero-order valence-corrected chi connectivity index (χ0v) is 10.8. The summed E-state index contributed by atoms with van der Waals surface area (Å²) in [6.07, 6.45) is 1.57. The molecule has 1 aliphatic heterocycles. The Kier molecular flexibility index (Phi) is 3.85. The number of aliphatic hydroxyl groups is 2. The van der Waals surface area contributed by atoms with Gasteiger partial charge in [0.25, 0.3) is 0 Å². The number of β-amino-alcohol motifs (C(OH)–C–C–N with tert-alkyl or cyclic N) is 1. The summed E-state index contributed by atoms with van der Waals surface area (Å²) in [5, 5.41) is 19.7. The van der Waals surface area contributed by atoms with Gasteiger partial charge in [0.15, 0.2) is 0 Å². The first kappa shape index (κ1) is 13.3. The second kappa shape index (κ2) is 5.22. The molecule has 0 aliphatic carbocycles. The van der Waals surface area contributed by atoms with E-state index in [0.717, 1.165) is 18.0 Å². The molecule has 2 heterocycles. The van der Waals surface area contributed by atoms with Crippen LogP contribution < -0.4 is 4.74 Å². The van der Waals surface area contributed by atoms with Crippen molar-refractivity contribution in [3.63, 3.8) is 0 Å². The number of piperidine rings is 1. The molecule has 2 N–H and O–H groups in total. The largest absolute Gasteiger partial charge is 0.497 e. The van der Waals surface area contributed by atoms with Crippen LogP contribution in [0.3, 0.4) is 0 Å². The molecule has 0 saturated carbocycles. The number of aromatic nitrogens is 1. The molecule has 1 fully saturated rings. The number of rotatable bonds is 3. The summed E-state index contributed by atoms with van der Waals surface area (Å²) in [6.45, 7) is 3.55. The van der Waals surface area contributed by atoms with Crippen molar-refractivity contribution in [2.75, 3.05) is 20.2 Å². The zero-order chi connectivity index (χ0) is 13.2. The Morgan fingerprint density at radius 2 is 2.39 bits per heavy atom. The number of hydrogen-bond acceptors (Lipinski definition) is 5. The highest BCUT2D eigenvalue weighted by Crippen LogP contribution is 2.23. The second-order valence-electron chi connectivity index (χ2n) is 5.05. The van der Waals surface area contributed by atoms with Gasteiger partial charge in [0.1, 0.15) is 5.75 Å². The fourth-order valence-electron chi connectivity index (χ4n) is 2.13. The summed E-state index contributed by atoms with van der Waals surface area (Å²) in [5.41, 5.74) is -0.0683. The number of nitrogens with zero attached hydrogens (tertiary/aromatic N) is 2. The molecular weight excluding hydrogens is 232 g/mol. The molecule has 1 aromatic heterocycles. The number of ether oxygens (including phenoxy) is 1. The van der Waals surface area contributed by atoms with E-state index in [-0.39, 0.29) is 0 Å². The molecule has 0 unspecified atom stereocenters. The Hall–Kier alpha value is -1.17. The molecule has 1 aliphatic rings. The van der Waals surface area contributed by atoms with E-state index in [0.29, 0.717) is 19.5 Å². The van der Waals surface area contributed by atoms with E-state index in [9.17, 15) is 10.2 Å². The third kappa shape index (κ3) is 2.98. The summed E-state index contributed by atoms with van der Waals surface area (Å²) < 4.78 is 5.15. The van der Waals surface area contributed by atoms with Crippen LogP contribution in [0.5, 0.6) is 5.75 Å². The van der Waals surface area contributed by atoms with Gasteiger partial charge in [-0.25, -0.2) is 0 Å². The first-order chi connectivity index (χ1) is 8.51. The van der Waals surface area contributed by atoms with Gasteiger partial charge in [0, 0.05) is 31.9 Å². The van der Waals surface area contributed by atoms with Crippen LogP contribution in [0.15, 0.2) is 18.3 Å². The van der Waals surface area contributed by atoms with E-state index in [2.05, 4.69) is 9.88 Å². The topological polar surface area (TPSA) is 65.8 Å². The van der Waals surface area contributed by atoms with Crippen LogP contribution in [0, 0.1) is 0 Å². The summed E-state index contributed by atoms with van der Waals surface area (Å²) in [4.78, 5) is 6.36. The smallest absolute Gasteiger partial charge is 0.122 e. The minimum atomic E-state index is -0.974. The van der Waals surface area contributed by atoms with Crippen LogP contribution >= 0.6 is 0 Å². The maximum Gasteiger partial charge on any atom is 0.122 e. The first-order valence-corrected chi connectivity index (χ1v) is 6.13. The van der Waals surface area contributed by atoms with E-state index in [4.69, 9.17) is 4.74 Å². The van der Waals surface area contributed by atoms with Crippen molar-refractivity contribution in [1.82, 2.24) is 9.88 Å². The minimum Gasteiger partial charge on any atom is -0.497 e. The number of methoxy groups -OCH3 is 1. The average Bonchev–Trinajstić information content (AvgIpc) is 2.35. The van der Waals surface area contributed by atoms with Crippen molar-refractivity contribution in [3.05, 3.63) is 24.0 Å². The van der Waals surface area contributed by atoms with Crippen molar-refractivity contribution < 1.29 is 14.9 Å². The standard InChI is InChI=1S/C13H20N2O3/c1-13(17)4-6-15(9-12(13)16)8-10-7-11(18-2)3-5-14-10/h3,5,7,12,16-17H,4,6,8-9H2,1-2H3/t12-,13+/m0/s1. The summed E-state index contributed by atoms with van der Waals surface area (Å²) in [5.74, 6) is 0.782. The molecule has 2 atom stereocenters. The maximum atomic E-state index is 9.90. The van der Waals surface area contributed by atoms with Gasteiger partial charge in [-0.2, -0.15) is 0 Å². The van der Waals surface area contributed by atoms with Gasteiger partial charge >= 0.3 is 0 Å². The van der Waals surface area contributed by atoms with Crippen molar-refractivity contribution in [2.24, 2.45) is 0 Å². The molecule has 0 spiro atoms. The molecule has 0 aromatic carbocycles. The highest BCUT2D eigenvalue weighted by molar-refractivity contribution is 5.22. The monoisotopic (exact) mass is 252 g/mol. The summed E-state index contributed by atoms with van der Waals surface area (Å²) >= 11 is 0. The Morgan fingerprint density at radius 1 is 1.61 bits per heavy atom. The van der Waals surface area contributed by atoms with E-state index in [1.165, 1.54) is 0 Å². The van der Waals surface area contributed by atoms with Gasteiger partial charge in [-0.1, -0.05) is 0 Å². The molecule has 2 rings (SSSR count). The third-order valence-corrected chi connectivity index (χ3v) is 3.49. The minimum absolute atomic E-state index is 0.464. The van der Waals surface area contributed by atoms with Crippen molar-refractivity contribution in [1.29, 1.82) is 0 Å². The van der Waals surface area contributed by atoms with Crippen LogP contribution in [0.25, 0.3) is 0 Å². The fourth-order valence-corrected chi connectivity index (χ4v) is 2.13. The second-order valence-corrected chi connectivity index (χ2v) is 5.05. The highest BCUT2D eigenvalue weighted by atomic mass is 16.5. The van der Waals surface area contributed by atoms with Crippen LogP contribution in [0.2, 0.25) is 0 Å². The highest BCUT2D eigenvalue weighted by Gasteiger charge is 2.36. The molecule has 5 nitrogen and oxygen atoms in total. The Labute approximate surface area is 107 Å². The van der Waals surface area contributed by atoms with Crippen molar-refractivity contribution in [3.8, 4) is 5.75 Å². The molecular formula is C13H20N2O3. The first-order valence-electron chi connectivity index (χ1n) is 6.13. The van der Waals surface area contributed by atoms with Crippen LogP contribution in [0.4, 0.5) is 0 Å². The lowest BCUT2D eigenvalue weighted by Gasteiger charge is -2.39. The molecule has 0 amide bonds. The molecule has 100 valence electrons. The third-order valence-electron chi connectivity index (χ3n) is 3.49. The van der Waals surface area contributed by atoms with Gasteiger partial charge in [-0.3, -0.25) is 9.88 Å². The SMILES string of the molecule is COc1ccnc(CN2CC[C@@](C)(O)[C@@H](O)C2)c1. The summed E-state index contributed by atoms with van der Waals surface area (Å²) in [7, 11) is 1.63. The Morgan fingerprint density at radius 3 is 3.06 bits per heavy atom. The molecule has 5 heteroatoms. The van der Waals surface area contributed by atoms with E-state index in [1.807, 2.05) is 6.07 Å². The molecule has 0 bridgehead atoms. The van der Waals surface area contributed by atoms with Crippen LogP contribution in [0.1, 0.15) is 19.0 Å². The fraction of sp³-hybridized carbons (Fsp3) is 0.615. The predicted octanol–water partition coefficient (Wildman–Crippen LogP) is 0.408. The van der Waals surface area contributed by atoms with Crippen molar-refractivity contribution >= 4 is 0 Å². The number of likely N-dealkylation sites (tertiary alicyclic amines) is 1. The van der Waals surface area contributed by atoms with Crippen LogP contribution in [-0.4, -0.2) is 52.0 Å². The van der Waals surface area contributed by atoms with E-state index < -0.39 is 11.7 Å². The molecule has 18 heavy (non-hydrogen) atoms. The lowest BCUT2D eigenvalue weighted by atomic mass is 9.91. The Balaban J connectivity index is 1.98. The van der Waals surface area contributed by atoms with Gasteiger partial charge in [-0.15, -0.1) is 0 Å². The lowest BCUT2D eigenvalue weighted by molar-refractivity contribution is -0.108. The molecule has 1 saturated heterocycles. The van der Waals surface area contributed by atoms with Gasteiger partial charge in [-0.05, 0) is 19.4 Å². The normalized spacial score (nSPS) is 29.2. The zero-order valence-electron chi connectivity index (χ0n) is 10.8. The van der Waals surface area contributed by atoms with E-state index in [1.54, 1.807) is 26.3 Å². The predicted molar refractivity (Wildman–Crippen MR) is 67.3 cm³/mol. The summed E-state index contributed by atoms with van der Waals surface area (Å²) in [6, 6.07) is 3.69. The van der Waals surface area contributed by atoms with Gasteiger partial charge in [0.05, 0.1) is 24.5 Å². The van der Waals surface area contributed by atoms with Crippen molar-refractivity contribution in [2.45, 2.75) is 31.6 Å². The maximum absolute atomic E-state index is 9.90. The molecule has 0 radical (unpaired) electrons. The number of hydrogen-bond donors (Lipinski definition) is 2. The average molecular weight is 252 g/mol. The number of aliphatic hydroxyl groups excluding tert-OH is 1. The quantitative estimate of drug-likeness (QED) is 0.815. The van der Waals surface area contributed by atoms with Crippen LogP contribution in [-0.2, 0) is 6.54 Å². The lowest BCUT2D eigenvalue weighted by Crippen LogP contribution is -2.53. The van der Waals surface area contributed by atoms with E-state index >= 15 is 0 Å². The molecule has 1 aromatic rings. The Bertz CT molecular complexity index is 409. The van der Waals surface area contributed by atoms with Gasteiger partial charge in [0.2, 0.25) is 0 Å².